The van der Waals surface area contributed by atoms with Crippen LogP contribution in [-0.2, 0) is 12.0 Å². The van der Waals surface area contributed by atoms with Crippen molar-refractivity contribution >= 4 is 22.8 Å². The Hall–Kier alpha value is -2.01. The summed E-state index contributed by atoms with van der Waals surface area (Å²) < 4.78 is 6.19. The number of pyridine rings is 1. The predicted molar refractivity (Wildman–Crippen MR) is 99.9 cm³/mol. The fourth-order valence-corrected chi connectivity index (χ4v) is 3.37. The topological polar surface area (TPSA) is 50.8 Å². The molecule has 0 bridgehead atoms. The van der Waals surface area contributed by atoms with Crippen LogP contribution in [0.5, 0.6) is 5.75 Å². The minimum absolute atomic E-state index is 0.0190. The zero-order valence-electron chi connectivity index (χ0n) is 14.8. The summed E-state index contributed by atoms with van der Waals surface area (Å²) in [5.74, 6) is 0.935. The van der Waals surface area contributed by atoms with Crippen molar-refractivity contribution in [3.63, 3.8) is 0 Å². The van der Waals surface area contributed by atoms with E-state index in [4.69, 9.17) is 4.74 Å². The van der Waals surface area contributed by atoms with Gasteiger partial charge in [-0.3, -0.25) is 5.10 Å². The van der Waals surface area contributed by atoms with E-state index in [0.29, 0.717) is 6.61 Å². The largest absolute Gasteiger partial charge is 0.487 e. The number of hydrogen-bond donors (Lipinski definition) is 1. The molecular weight excluding hydrogens is 318 g/mol. The molecule has 0 atom stereocenters. The first-order chi connectivity index (χ1) is 11.4. The van der Waals surface area contributed by atoms with Crippen LogP contribution in [0.2, 0.25) is 0 Å². The Morgan fingerprint density at radius 2 is 2.04 bits per heavy atom. The maximum atomic E-state index is 6.19. The van der Waals surface area contributed by atoms with Gasteiger partial charge in [0.1, 0.15) is 12.4 Å². The van der Waals surface area contributed by atoms with Crippen molar-refractivity contribution in [2.45, 2.75) is 44.6 Å². The fraction of sp³-hybridized carbons (Fsp3) is 0.368. The highest BCUT2D eigenvalue weighted by atomic mass is 32.2. The third kappa shape index (κ3) is 3.26. The van der Waals surface area contributed by atoms with Crippen molar-refractivity contribution in [1.29, 1.82) is 0 Å². The molecule has 0 aliphatic rings. The highest BCUT2D eigenvalue weighted by Gasteiger charge is 2.21. The number of nitrogens with zero attached hydrogens (tertiary/aromatic N) is 2. The van der Waals surface area contributed by atoms with Gasteiger partial charge in [0.25, 0.3) is 0 Å². The number of aryl methyl sites for hydroxylation is 1. The predicted octanol–water partition coefficient (Wildman–Crippen LogP) is 4.86. The first kappa shape index (κ1) is 16.8. The van der Waals surface area contributed by atoms with Gasteiger partial charge in [0.2, 0.25) is 0 Å². The van der Waals surface area contributed by atoms with Gasteiger partial charge in [0, 0.05) is 22.0 Å². The van der Waals surface area contributed by atoms with Crippen LogP contribution < -0.4 is 4.74 Å². The van der Waals surface area contributed by atoms with E-state index in [1.54, 1.807) is 18.0 Å². The second-order valence-corrected chi connectivity index (χ2v) is 7.78. The van der Waals surface area contributed by atoms with Crippen molar-refractivity contribution in [1.82, 2.24) is 15.2 Å². The Balaban J connectivity index is 1.93. The molecule has 0 saturated heterocycles. The minimum Gasteiger partial charge on any atom is -0.487 e. The van der Waals surface area contributed by atoms with Gasteiger partial charge in [-0.05, 0) is 48.4 Å². The van der Waals surface area contributed by atoms with E-state index >= 15 is 0 Å². The average Bonchev–Trinajstić information content (AvgIpc) is 2.95. The smallest absolute Gasteiger partial charge is 0.181 e. The molecule has 126 valence electrons. The number of hydrogen-bond acceptors (Lipinski definition) is 4. The number of aromatic nitrogens is 3. The highest BCUT2D eigenvalue weighted by Crippen LogP contribution is 2.36. The lowest BCUT2D eigenvalue weighted by atomic mass is 9.86. The maximum Gasteiger partial charge on any atom is 0.181 e. The third-order valence-electron chi connectivity index (χ3n) is 4.09. The van der Waals surface area contributed by atoms with Crippen molar-refractivity contribution in [3.05, 3.63) is 47.3 Å². The second-order valence-electron chi connectivity index (χ2n) is 6.93. The van der Waals surface area contributed by atoms with Gasteiger partial charge < -0.3 is 4.74 Å². The fourth-order valence-electron chi connectivity index (χ4n) is 2.75. The first-order valence-corrected chi connectivity index (χ1v) is 9.22. The molecule has 3 rings (SSSR count). The van der Waals surface area contributed by atoms with E-state index in [2.05, 4.69) is 61.3 Å². The van der Waals surface area contributed by atoms with Gasteiger partial charge in [0.15, 0.2) is 5.65 Å². The Kier molecular flexibility index (Phi) is 4.54. The van der Waals surface area contributed by atoms with E-state index in [9.17, 15) is 0 Å². The van der Waals surface area contributed by atoms with Gasteiger partial charge in [-0.1, -0.05) is 20.8 Å². The highest BCUT2D eigenvalue weighted by molar-refractivity contribution is 7.98. The molecule has 5 heteroatoms. The number of aromatic amines is 1. The van der Waals surface area contributed by atoms with Crippen molar-refractivity contribution in [2.75, 3.05) is 6.26 Å². The van der Waals surface area contributed by atoms with E-state index in [1.165, 1.54) is 16.0 Å². The molecule has 0 aliphatic carbocycles. The van der Waals surface area contributed by atoms with Crippen LogP contribution in [0.1, 0.15) is 37.6 Å². The van der Waals surface area contributed by atoms with Crippen molar-refractivity contribution in [2.24, 2.45) is 0 Å². The summed E-state index contributed by atoms with van der Waals surface area (Å²) >= 11 is 1.77. The Morgan fingerprint density at radius 3 is 2.75 bits per heavy atom. The molecule has 0 fully saturated rings. The number of H-pyrrole nitrogens is 1. The van der Waals surface area contributed by atoms with Crippen LogP contribution >= 0.6 is 11.8 Å². The molecule has 0 aliphatic heterocycles. The minimum atomic E-state index is 0.0190. The quantitative estimate of drug-likeness (QED) is 0.688. The summed E-state index contributed by atoms with van der Waals surface area (Å²) in [6.07, 6.45) is 3.86. The monoisotopic (exact) mass is 341 g/mol. The van der Waals surface area contributed by atoms with Crippen LogP contribution in [0.4, 0.5) is 0 Å². The van der Waals surface area contributed by atoms with Gasteiger partial charge in [0.05, 0.1) is 5.69 Å². The molecule has 0 saturated carbocycles. The Labute approximate surface area is 147 Å². The summed E-state index contributed by atoms with van der Waals surface area (Å²) in [6, 6.07) is 8.32. The molecule has 2 aromatic heterocycles. The normalized spacial score (nSPS) is 11.9. The molecule has 4 nitrogen and oxygen atoms in total. The summed E-state index contributed by atoms with van der Waals surface area (Å²) in [6.45, 7) is 9.21. The number of fused-ring (bicyclic) bond motifs is 1. The lowest BCUT2D eigenvalue weighted by Crippen LogP contribution is -2.14. The van der Waals surface area contributed by atoms with Gasteiger partial charge >= 0.3 is 0 Å². The van der Waals surface area contributed by atoms with Crippen molar-refractivity contribution < 1.29 is 4.74 Å². The molecule has 1 aromatic carbocycles. The van der Waals surface area contributed by atoms with Crippen LogP contribution in [0.25, 0.3) is 11.0 Å². The van der Waals surface area contributed by atoms with Crippen LogP contribution in [0, 0.1) is 6.92 Å². The number of rotatable bonds is 4. The Morgan fingerprint density at radius 1 is 1.25 bits per heavy atom. The first-order valence-electron chi connectivity index (χ1n) is 8.00. The maximum absolute atomic E-state index is 6.19. The third-order valence-corrected chi connectivity index (χ3v) is 4.97. The van der Waals surface area contributed by atoms with E-state index in [-0.39, 0.29) is 5.41 Å². The summed E-state index contributed by atoms with van der Waals surface area (Å²) in [5.41, 5.74) is 4.15. The van der Waals surface area contributed by atoms with Gasteiger partial charge in [-0.25, -0.2) is 4.98 Å². The second kappa shape index (κ2) is 6.48. The van der Waals surface area contributed by atoms with Crippen LogP contribution in [-0.4, -0.2) is 21.4 Å². The number of thioether (sulfide) groups is 1. The Bertz CT molecular complexity index is 865. The SMILES string of the molecule is CSc1cc(C(C)(C)C)c(OCc2[nH]nc3ncccc23)cc1C. The standard InChI is InChI=1S/C19H23N3OS/c1-12-9-16(14(19(2,3)4)10-17(12)24-5)23-11-15-13-7-6-8-20-18(13)22-21-15/h6-10H,11H2,1-5H3,(H,20,21,22). The number of nitrogens with one attached hydrogen (secondary N) is 1. The molecule has 2 heterocycles. The molecule has 0 amide bonds. The summed E-state index contributed by atoms with van der Waals surface area (Å²) in [7, 11) is 0. The zero-order chi connectivity index (χ0) is 17.3. The molecule has 3 aromatic rings. The van der Waals surface area contributed by atoms with E-state index in [1.807, 2.05) is 12.1 Å². The van der Waals surface area contributed by atoms with Crippen LogP contribution in [0.3, 0.4) is 0 Å². The molecule has 24 heavy (non-hydrogen) atoms. The number of ether oxygens (including phenoxy) is 1. The van der Waals surface area contributed by atoms with Crippen molar-refractivity contribution in [3.8, 4) is 5.75 Å². The molecule has 1 N–H and O–H groups in total. The van der Waals surface area contributed by atoms with Gasteiger partial charge in [-0.15, -0.1) is 11.8 Å². The lowest BCUT2D eigenvalue weighted by molar-refractivity contribution is 0.293. The van der Waals surface area contributed by atoms with E-state index < -0.39 is 0 Å². The summed E-state index contributed by atoms with van der Waals surface area (Å²) in [5, 5.41) is 8.27. The van der Waals surface area contributed by atoms with E-state index in [0.717, 1.165) is 22.5 Å². The molecule has 0 spiro atoms. The number of benzene rings is 1. The van der Waals surface area contributed by atoms with Crippen LogP contribution in [0.15, 0.2) is 35.4 Å². The van der Waals surface area contributed by atoms with Gasteiger partial charge in [-0.2, -0.15) is 5.10 Å². The average molecular weight is 341 g/mol. The summed E-state index contributed by atoms with van der Waals surface area (Å²) in [4.78, 5) is 5.54. The molecule has 0 unspecified atom stereocenters. The zero-order valence-corrected chi connectivity index (χ0v) is 15.6. The molecule has 0 radical (unpaired) electrons. The molecular formula is C19H23N3OS. The lowest BCUT2D eigenvalue weighted by Gasteiger charge is -2.24.